The van der Waals surface area contributed by atoms with Gasteiger partial charge in [-0.2, -0.15) is 0 Å². The number of carbonyl (C=O) groups is 4. The summed E-state index contributed by atoms with van der Waals surface area (Å²) in [6.45, 7) is 3.11. The predicted molar refractivity (Wildman–Crippen MR) is 118 cm³/mol. The van der Waals surface area contributed by atoms with Crippen molar-refractivity contribution < 1.29 is 38.7 Å². The molecule has 0 aliphatic carbocycles. The van der Waals surface area contributed by atoms with Crippen molar-refractivity contribution in [3.05, 3.63) is 50.5 Å². The van der Waals surface area contributed by atoms with Crippen LogP contribution in [0.25, 0.3) is 0 Å². The highest BCUT2D eigenvalue weighted by Gasteiger charge is 2.57. The quantitative estimate of drug-likeness (QED) is 0.162. The Morgan fingerprint density at radius 3 is 2.59 bits per heavy atom. The molecule has 12 nitrogen and oxygen atoms in total. The van der Waals surface area contributed by atoms with Crippen LogP contribution in [0.1, 0.15) is 25.8 Å². The number of nitrogens with one attached hydrogen (secondary N) is 1. The number of hydrogen-bond donors (Lipinski definition) is 2. The number of nitrogens with zero attached hydrogens (tertiary/aromatic N) is 2. The Morgan fingerprint density at radius 2 is 2.00 bits per heavy atom. The fourth-order valence-corrected chi connectivity index (χ4v) is 4.92. The number of aliphatic carboxylic acids is 1. The van der Waals surface area contributed by atoms with E-state index in [2.05, 4.69) is 5.32 Å². The number of hydrogen-bond acceptors (Lipinski definition) is 9. The number of ether oxygens (including phenoxy) is 2. The Morgan fingerprint density at radius 1 is 1.32 bits per heavy atom. The molecule has 1 aromatic carbocycles. The first-order valence-electron chi connectivity index (χ1n) is 10.3. The molecule has 0 spiro atoms. The molecule has 3 unspecified atom stereocenters. The lowest BCUT2D eigenvalue weighted by Gasteiger charge is -2.45. The van der Waals surface area contributed by atoms with Gasteiger partial charge >= 0.3 is 12.1 Å². The summed E-state index contributed by atoms with van der Waals surface area (Å²) >= 11 is 1.26. The molecule has 1 fully saturated rings. The van der Waals surface area contributed by atoms with Crippen molar-refractivity contribution in [1.29, 1.82) is 0 Å². The summed E-state index contributed by atoms with van der Waals surface area (Å²) in [6.07, 6.45) is -1.54. The molecule has 2 aliphatic heterocycles. The maximum atomic E-state index is 12.7. The van der Waals surface area contributed by atoms with Gasteiger partial charge in [-0.05, 0) is 24.6 Å². The van der Waals surface area contributed by atoms with Gasteiger partial charge in [0.2, 0.25) is 11.8 Å². The van der Waals surface area contributed by atoms with Gasteiger partial charge < -0.3 is 24.8 Å². The maximum Gasteiger partial charge on any atom is 0.508 e. The van der Waals surface area contributed by atoms with E-state index in [4.69, 9.17) is 9.47 Å². The normalized spacial score (nSPS) is 19.7. The van der Waals surface area contributed by atoms with Gasteiger partial charge in [0.05, 0.1) is 16.9 Å². The first-order chi connectivity index (χ1) is 16.1. The molecule has 13 heteroatoms. The zero-order valence-electron chi connectivity index (χ0n) is 18.4. The summed E-state index contributed by atoms with van der Waals surface area (Å²) in [5.41, 5.74) is 0.353. The smallest absolute Gasteiger partial charge is 0.477 e. The van der Waals surface area contributed by atoms with E-state index >= 15 is 0 Å². The molecule has 0 radical (unpaired) electrons. The van der Waals surface area contributed by atoms with Gasteiger partial charge in [0.15, 0.2) is 0 Å². The Balaban J connectivity index is 1.53. The maximum absolute atomic E-state index is 12.7. The van der Waals surface area contributed by atoms with Gasteiger partial charge in [0, 0.05) is 42.7 Å². The van der Waals surface area contributed by atoms with Crippen LogP contribution in [0.15, 0.2) is 34.9 Å². The van der Waals surface area contributed by atoms with Gasteiger partial charge in [-0.15, -0.1) is 11.8 Å². The van der Waals surface area contributed by atoms with Crippen LogP contribution in [0.3, 0.4) is 0 Å². The summed E-state index contributed by atoms with van der Waals surface area (Å²) < 4.78 is 10.3. The van der Waals surface area contributed by atoms with Crippen LogP contribution in [-0.2, 0) is 30.5 Å². The summed E-state index contributed by atoms with van der Waals surface area (Å²) in [5.74, 6) is -2.12. The fraction of sp³-hybridized carbons (Fsp3) is 0.429. The summed E-state index contributed by atoms with van der Waals surface area (Å²) in [4.78, 5) is 59.4. The number of amides is 2. The molecule has 2 aliphatic rings. The standard InChI is InChI=1S/C21H23N3O9S/c1-11(33-21(29)32-10-13-3-5-14(6-4-13)24(30)31)17-15-9-16(34-8-7-22-12(2)25)18(20(27)28)23(15)19(17)26/h3-6,11,15,17H,7-10H2,1-2H3,(H,22,25)(H,27,28). The van der Waals surface area contributed by atoms with E-state index in [1.54, 1.807) is 0 Å². The highest BCUT2D eigenvalue weighted by molar-refractivity contribution is 8.03. The number of fused-ring (bicyclic) bond motifs is 1. The molecule has 182 valence electrons. The van der Waals surface area contributed by atoms with Crippen molar-refractivity contribution in [1.82, 2.24) is 10.2 Å². The van der Waals surface area contributed by atoms with Crippen molar-refractivity contribution >= 4 is 41.4 Å². The second-order valence-electron chi connectivity index (χ2n) is 7.70. The second-order valence-corrected chi connectivity index (χ2v) is 8.89. The number of nitro benzene ring substituents is 1. The molecular weight excluding hydrogens is 470 g/mol. The number of carboxylic acid groups (broad SMARTS) is 1. The SMILES string of the molecule is CC(=O)NCCSC1=C(C(=O)O)N2C(=O)C(C(C)OC(=O)OCc3ccc([N+](=O)[O-])cc3)C2C1. The van der Waals surface area contributed by atoms with Crippen molar-refractivity contribution in [2.75, 3.05) is 12.3 Å². The third-order valence-corrected chi connectivity index (χ3v) is 6.53. The Hall–Kier alpha value is -3.61. The monoisotopic (exact) mass is 493 g/mol. The van der Waals surface area contributed by atoms with Crippen molar-refractivity contribution in [3.63, 3.8) is 0 Å². The summed E-state index contributed by atoms with van der Waals surface area (Å²) in [7, 11) is 0. The van der Waals surface area contributed by atoms with Crippen molar-refractivity contribution in [2.45, 2.75) is 39.0 Å². The van der Waals surface area contributed by atoms with E-state index in [1.165, 1.54) is 54.8 Å². The van der Waals surface area contributed by atoms with E-state index in [-0.39, 0.29) is 23.9 Å². The molecule has 0 bridgehead atoms. The number of β-lactam (4-membered cyclic amide) rings is 1. The predicted octanol–water partition coefficient (Wildman–Crippen LogP) is 2.03. The van der Waals surface area contributed by atoms with E-state index < -0.39 is 41.0 Å². The number of carbonyl (C=O) groups excluding carboxylic acids is 3. The zero-order valence-corrected chi connectivity index (χ0v) is 19.2. The molecule has 2 amide bonds. The molecular formula is C21H23N3O9S. The average molecular weight is 493 g/mol. The van der Waals surface area contributed by atoms with E-state index in [1.807, 2.05) is 0 Å². The molecule has 2 N–H and O–H groups in total. The lowest BCUT2D eigenvalue weighted by Crippen LogP contribution is -2.62. The minimum absolute atomic E-state index is 0.0768. The average Bonchev–Trinajstić information content (AvgIpc) is 3.10. The van der Waals surface area contributed by atoms with Gasteiger partial charge in [0.25, 0.3) is 5.69 Å². The van der Waals surface area contributed by atoms with Gasteiger partial charge in [-0.1, -0.05) is 0 Å². The Labute approximate surface area is 198 Å². The van der Waals surface area contributed by atoms with Crippen LogP contribution in [-0.4, -0.2) is 63.3 Å². The second kappa shape index (κ2) is 10.5. The zero-order chi connectivity index (χ0) is 25.0. The minimum atomic E-state index is -1.22. The molecule has 1 aromatic rings. The molecule has 2 heterocycles. The number of thioether (sulfide) groups is 1. The third-order valence-electron chi connectivity index (χ3n) is 5.41. The Kier molecular flexibility index (Phi) is 7.76. The van der Waals surface area contributed by atoms with Crippen molar-refractivity contribution in [2.24, 2.45) is 5.92 Å². The third kappa shape index (κ3) is 5.47. The van der Waals surface area contributed by atoms with E-state index in [9.17, 15) is 34.4 Å². The van der Waals surface area contributed by atoms with Gasteiger partial charge in [-0.3, -0.25) is 19.7 Å². The van der Waals surface area contributed by atoms with Gasteiger partial charge in [-0.25, -0.2) is 9.59 Å². The van der Waals surface area contributed by atoms with Crippen LogP contribution in [0.2, 0.25) is 0 Å². The van der Waals surface area contributed by atoms with E-state index in [0.717, 1.165) is 0 Å². The summed E-state index contributed by atoms with van der Waals surface area (Å²) in [5, 5.41) is 22.9. The number of nitro groups is 1. The number of non-ortho nitro benzene ring substituents is 1. The largest absolute Gasteiger partial charge is 0.508 e. The van der Waals surface area contributed by atoms with Crippen LogP contribution >= 0.6 is 11.8 Å². The lowest BCUT2D eigenvalue weighted by atomic mass is 9.83. The van der Waals surface area contributed by atoms with Crippen LogP contribution < -0.4 is 5.32 Å². The number of benzene rings is 1. The minimum Gasteiger partial charge on any atom is -0.477 e. The van der Waals surface area contributed by atoms with Crippen LogP contribution in [0.4, 0.5) is 10.5 Å². The first kappa shape index (κ1) is 25.0. The summed E-state index contributed by atoms with van der Waals surface area (Å²) in [6, 6.07) is 5.02. The Bertz CT molecular complexity index is 1040. The lowest BCUT2D eigenvalue weighted by molar-refractivity contribution is -0.384. The molecule has 0 saturated carbocycles. The molecule has 3 rings (SSSR count). The molecule has 3 atom stereocenters. The first-order valence-corrected chi connectivity index (χ1v) is 11.3. The van der Waals surface area contributed by atoms with Crippen LogP contribution in [0, 0.1) is 16.0 Å². The van der Waals surface area contributed by atoms with Crippen LogP contribution in [0.5, 0.6) is 0 Å². The van der Waals surface area contributed by atoms with Crippen molar-refractivity contribution in [3.8, 4) is 0 Å². The number of rotatable bonds is 10. The van der Waals surface area contributed by atoms with E-state index in [0.29, 0.717) is 29.2 Å². The molecule has 34 heavy (non-hydrogen) atoms. The highest BCUT2D eigenvalue weighted by Crippen LogP contribution is 2.47. The fourth-order valence-electron chi connectivity index (χ4n) is 3.86. The topological polar surface area (TPSA) is 165 Å². The molecule has 1 saturated heterocycles. The van der Waals surface area contributed by atoms with Gasteiger partial charge in [0.1, 0.15) is 18.4 Å². The molecule has 0 aromatic heterocycles. The highest BCUT2D eigenvalue weighted by atomic mass is 32.2. The number of carboxylic acids is 1.